The minimum Gasteiger partial charge on any atom is -0.497 e. The summed E-state index contributed by atoms with van der Waals surface area (Å²) in [6.45, 7) is 3.96. The van der Waals surface area contributed by atoms with Crippen LogP contribution in [0.2, 0.25) is 0 Å². The normalized spacial score (nSPS) is 18.6. The molecule has 0 saturated carbocycles. The molecule has 0 radical (unpaired) electrons. The molecule has 2 atom stereocenters. The Labute approximate surface area is 235 Å². The molecule has 0 spiro atoms. The van der Waals surface area contributed by atoms with E-state index in [0.717, 1.165) is 18.4 Å². The first-order valence-electron chi connectivity index (χ1n) is 13.4. The smallest absolute Gasteiger partial charge is 0.261 e. The van der Waals surface area contributed by atoms with Crippen LogP contribution in [0.5, 0.6) is 11.5 Å². The molecule has 2 aromatic carbocycles. The Morgan fingerprint density at radius 2 is 1.73 bits per heavy atom. The van der Waals surface area contributed by atoms with Crippen LogP contribution in [0.15, 0.2) is 53.4 Å². The number of hydrogen-bond acceptors (Lipinski definition) is 8. The zero-order chi connectivity index (χ0) is 28.5. The van der Waals surface area contributed by atoms with Gasteiger partial charge in [-0.25, -0.2) is 8.42 Å². The summed E-state index contributed by atoms with van der Waals surface area (Å²) in [5.74, 6) is 0.358. The molecule has 2 aromatic rings. The number of nitrogens with one attached hydrogen (secondary N) is 1. The first-order chi connectivity index (χ1) is 19.3. The molecule has 11 nitrogen and oxygen atoms in total. The zero-order valence-electron chi connectivity index (χ0n) is 22.9. The number of rotatable bonds is 12. The molecule has 2 amide bonds. The van der Waals surface area contributed by atoms with Crippen molar-refractivity contribution in [2.24, 2.45) is 0 Å². The third-order valence-electron chi connectivity index (χ3n) is 7.00. The Hall–Kier alpha value is -3.19. The number of methoxy groups -OCH3 is 1. The highest BCUT2D eigenvalue weighted by Gasteiger charge is 2.28. The third kappa shape index (κ3) is 7.72. The monoisotopic (exact) mass is 575 g/mol. The van der Waals surface area contributed by atoms with E-state index in [4.69, 9.17) is 18.9 Å². The van der Waals surface area contributed by atoms with E-state index in [1.54, 1.807) is 26.2 Å². The molecule has 2 fully saturated rings. The standard InChI is InChI=1S/C28H37N3O8S/c1-21(28(33)29-18-25-4-3-15-38-25)31(19-22-5-7-23(36-2)8-6-22)27(32)20-39-24-9-11-26(12-10-24)40(34,35)30-13-16-37-17-14-30/h5-12,21,25H,3-4,13-20H2,1-2H3,(H,29,33)/t21-,25-/m1/s1. The minimum absolute atomic E-state index is 0.0137. The number of nitrogens with zero attached hydrogens (tertiary/aromatic N) is 2. The maximum atomic E-state index is 13.3. The van der Waals surface area contributed by atoms with Gasteiger partial charge in [0, 0.05) is 32.8 Å². The van der Waals surface area contributed by atoms with E-state index in [-0.39, 0.29) is 36.0 Å². The van der Waals surface area contributed by atoms with Gasteiger partial charge in [-0.1, -0.05) is 12.1 Å². The summed E-state index contributed by atoms with van der Waals surface area (Å²) in [6.07, 6.45) is 1.85. The van der Waals surface area contributed by atoms with E-state index in [1.165, 1.54) is 33.5 Å². The second kappa shape index (κ2) is 13.9. The fourth-order valence-electron chi connectivity index (χ4n) is 4.55. The molecule has 0 aliphatic carbocycles. The number of carbonyl (C=O) groups is 2. The highest BCUT2D eigenvalue weighted by atomic mass is 32.2. The highest BCUT2D eigenvalue weighted by molar-refractivity contribution is 7.89. The highest BCUT2D eigenvalue weighted by Crippen LogP contribution is 2.21. The van der Waals surface area contributed by atoms with Crippen molar-refractivity contribution in [1.29, 1.82) is 0 Å². The summed E-state index contributed by atoms with van der Waals surface area (Å²) in [7, 11) is -2.06. The van der Waals surface area contributed by atoms with Gasteiger partial charge in [-0.2, -0.15) is 4.31 Å². The summed E-state index contributed by atoms with van der Waals surface area (Å²) in [4.78, 5) is 27.9. The lowest BCUT2D eigenvalue weighted by atomic mass is 10.1. The SMILES string of the molecule is COc1ccc(CN(C(=O)COc2ccc(S(=O)(=O)N3CCOCC3)cc2)[C@H](C)C(=O)NC[C@H]2CCCO2)cc1. The van der Waals surface area contributed by atoms with E-state index in [1.807, 2.05) is 12.1 Å². The predicted molar refractivity (Wildman–Crippen MR) is 147 cm³/mol. The van der Waals surface area contributed by atoms with Crippen molar-refractivity contribution >= 4 is 21.8 Å². The Kier molecular flexibility index (Phi) is 10.4. The lowest BCUT2D eigenvalue weighted by molar-refractivity contribution is -0.142. The van der Waals surface area contributed by atoms with Gasteiger partial charge in [0.1, 0.15) is 17.5 Å². The van der Waals surface area contributed by atoms with Crippen LogP contribution in [-0.4, -0.2) is 94.8 Å². The second-order valence-corrected chi connectivity index (χ2v) is 11.6. The Balaban J connectivity index is 1.40. The third-order valence-corrected chi connectivity index (χ3v) is 8.91. The predicted octanol–water partition coefficient (Wildman–Crippen LogP) is 1.81. The van der Waals surface area contributed by atoms with Crippen molar-refractivity contribution in [2.75, 3.05) is 53.2 Å². The topological polar surface area (TPSA) is 124 Å². The van der Waals surface area contributed by atoms with Crippen LogP contribution in [0.3, 0.4) is 0 Å². The van der Waals surface area contributed by atoms with Gasteiger partial charge in [0.25, 0.3) is 5.91 Å². The molecule has 2 aliphatic heterocycles. The minimum atomic E-state index is -3.64. The van der Waals surface area contributed by atoms with Gasteiger partial charge in [-0.05, 0) is 61.7 Å². The van der Waals surface area contributed by atoms with Crippen LogP contribution in [-0.2, 0) is 35.6 Å². The fourth-order valence-corrected chi connectivity index (χ4v) is 5.96. The zero-order valence-corrected chi connectivity index (χ0v) is 23.7. The van der Waals surface area contributed by atoms with Crippen molar-refractivity contribution in [3.8, 4) is 11.5 Å². The van der Waals surface area contributed by atoms with Crippen molar-refractivity contribution in [1.82, 2.24) is 14.5 Å². The molecule has 12 heteroatoms. The molecule has 2 aliphatic rings. The van der Waals surface area contributed by atoms with Gasteiger partial charge >= 0.3 is 0 Å². The molecule has 0 bridgehead atoms. The van der Waals surface area contributed by atoms with Crippen molar-refractivity contribution in [3.63, 3.8) is 0 Å². The van der Waals surface area contributed by atoms with Gasteiger partial charge in [-0.15, -0.1) is 0 Å². The summed E-state index contributed by atoms with van der Waals surface area (Å²) in [5, 5.41) is 2.90. The molecule has 2 heterocycles. The first kappa shape index (κ1) is 29.8. The average Bonchev–Trinajstić information content (AvgIpc) is 3.52. The number of amides is 2. The van der Waals surface area contributed by atoms with Gasteiger partial charge in [0.15, 0.2) is 6.61 Å². The number of carbonyl (C=O) groups excluding carboxylic acids is 2. The van der Waals surface area contributed by atoms with E-state index >= 15 is 0 Å². The van der Waals surface area contributed by atoms with Gasteiger partial charge < -0.3 is 29.2 Å². The van der Waals surface area contributed by atoms with Crippen LogP contribution < -0.4 is 14.8 Å². The summed E-state index contributed by atoms with van der Waals surface area (Å²) < 4.78 is 48.9. The molecule has 40 heavy (non-hydrogen) atoms. The summed E-state index contributed by atoms with van der Waals surface area (Å²) in [6, 6.07) is 12.5. The van der Waals surface area contributed by atoms with Gasteiger partial charge in [0.2, 0.25) is 15.9 Å². The molecule has 218 valence electrons. The Morgan fingerprint density at radius 1 is 1.05 bits per heavy atom. The number of ether oxygens (including phenoxy) is 4. The van der Waals surface area contributed by atoms with Crippen LogP contribution >= 0.6 is 0 Å². The number of hydrogen-bond donors (Lipinski definition) is 1. The van der Waals surface area contributed by atoms with Crippen LogP contribution in [0.4, 0.5) is 0 Å². The molecule has 0 unspecified atom stereocenters. The lowest BCUT2D eigenvalue weighted by Gasteiger charge is -2.29. The molecule has 4 rings (SSSR count). The van der Waals surface area contributed by atoms with Gasteiger partial charge in [-0.3, -0.25) is 9.59 Å². The second-order valence-electron chi connectivity index (χ2n) is 9.70. The Bertz CT molecular complexity index is 1230. The number of sulfonamides is 1. The molecular weight excluding hydrogens is 538 g/mol. The van der Waals surface area contributed by atoms with Crippen molar-refractivity contribution in [2.45, 2.75) is 43.4 Å². The molecule has 0 aromatic heterocycles. The largest absolute Gasteiger partial charge is 0.497 e. The van der Waals surface area contributed by atoms with E-state index in [2.05, 4.69) is 5.32 Å². The van der Waals surface area contributed by atoms with E-state index in [0.29, 0.717) is 51.0 Å². The summed E-state index contributed by atoms with van der Waals surface area (Å²) in [5.41, 5.74) is 0.825. The van der Waals surface area contributed by atoms with Crippen LogP contribution in [0.1, 0.15) is 25.3 Å². The van der Waals surface area contributed by atoms with Crippen LogP contribution in [0, 0.1) is 0 Å². The first-order valence-corrected chi connectivity index (χ1v) is 14.8. The summed E-state index contributed by atoms with van der Waals surface area (Å²) >= 11 is 0. The van der Waals surface area contributed by atoms with E-state index < -0.39 is 16.1 Å². The maximum absolute atomic E-state index is 13.3. The van der Waals surface area contributed by atoms with Gasteiger partial charge in [0.05, 0.1) is 31.3 Å². The number of morpholine rings is 1. The van der Waals surface area contributed by atoms with Crippen molar-refractivity contribution < 1.29 is 37.0 Å². The Morgan fingerprint density at radius 3 is 2.35 bits per heavy atom. The molecule has 1 N–H and O–H groups in total. The molecular formula is C28H37N3O8S. The average molecular weight is 576 g/mol. The van der Waals surface area contributed by atoms with Crippen LogP contribution in [0.25, 0.3) is 0 Å². The number of benzene rings is 2. The van der Waals surface area contributed by atoms with Crippen molar-refractivity contribution in [3.05, 3.63) is 54.1 Å². The lowest BCUT2D eigenvalue weighted by Crippen LogP contribution is -2.50. The maximum Gasteiger partial charge on any atom is 0.261 e. The fraction of sp³-hybridized carbons (Fsp3) is 0.500. The van der Waals surface area contributed by atoms with E-state index in [9.17, 15) is 18.0 Å². The molecule has 2 saturated heterocycles. The quantitative estimate of drug-likeness (QED) is 0.407.